The molecule has 1 saturated heterocycles. The lowest BCUT2D eigenvalue weighted by Crippen LogP contribution is -2.44. The van der Waals surface area contributed by atoms with Gasteiger partial charge in [0.05, 0.1) is 5.69 Å². The van der Waals surface area contributed by atoms with Gasteiger partial charge >= 0.3 is 6.61 Å². The van der Waals surface area contributed by atoms with Crippen LogP contribution in [0.3, 0.4) is 0 Å². The zero-order valence-electron chi connectivity index (χ0n) is 17.6. The Hall–Kier alpha value is -2.70. The van der Waals surface area contributed by atoms with Gasteiger partial charge in [-0.15, -0.1) is 34.2 Å². The number of nitrogens with zero attached hydrogens (tertiary/aromatic N) is 5. The highest BCUT2D eigenvalue weighted by Crippen LogP contribution is 2.31. The van der Waals surface area contributed by atoms with Crippen molar-refractivity contribution < 1.29 is 13.5 Å². The summed E-state index contributed by atoms with van der Waals surface area (Å²) in [6.07, 6.45) is 2.76. The first-order valence-corrected chi connectivity index (χ1v) is 10.3. The number of benzene rings is 1. The predicted molar refractivity (Wildman–Crippen MR) is 130 cm³/mol. The second-order valence-corrected chi connectivity index (χ2v) is 7.16. The van der Waals surface area contributed by atoms with Gasteiger partial charge in [-0.25, -0.2) is 4.99 Å². The summed E-state index contributed by atoms with van der Waals surface area (Å²) >= 11 is 0. The van der Waals surface area contributed by atoms with E-state index in [2.05, 4.69) is 30.6 Å². The fraction of sp³-hybridized carbons (Fsp3) is 0.381. The number of pyridine rings is 1. The highest BCUT2D eigenvalue weighted by Gasteiger charge is 2.26. The standard InChI is InChI=1S/C21H25F2N7O.HI/c1-2-24-21(25-13-19-28-27-18-9-5-6-11-30(18)19)26-15-10-12-29(14-15)16-7-3-4-8-17(16)31-20(22)23;/h3-9,11,15,20H,2,10,12-14H2,1H3,(H2,24,25,26);1H. The fourth-order valence-electron chi connectivity index (χ4n) is 3.67. The van der Waals surface area contributed by atoms with Crippen LogP contribution in [0, 0.1) is 0 Å². The maximum absolute atomic E-state index is 12.7. The second kappa shape index (κ2) is 11.2. The zero-order chi connectivity index (χ0) is 21.6. The average Bonchev–Trinajstić information content (AvgIpc) is 3.39. The molecule has 0 spiro atoms. The molecule has 2 aromatic heterocycles. The minimum absolute atomic E-state index is 0. The highest BCUT2D eigenvalue weighted by molar-refractivity contribution is 14.0. The molecule has 0 aliphatic carbocycles. The Morgan fingerprint density at radius 2 is 2.03 bits per heavy atom. The summed E-state index contributed by atoms with van der Waals surface area (Å²) in [6.45, 7) is 1.63. The van der Waals surface area contributed by atoms with E-state index in [4.69, 9.17) is 0 Å². The topological polar surface area (TPSA) is 79.1 Å². The third-order valence-corrected chi connectivity index (χ3v) is 5.06. The number of nitrogens with one attached hydrogen (secondary N) is 2. The number of alkyl halides is 2. The number of para-hydroxylation sites is 2. The van der Waals surface area contributed by atoms with E-state index >= 15 is 0 Å². The van der Waals surface area contributed by atoms with Crippen molar-refractivity contribution >= 4 is 41.3 Å². The van der Waals surface area contributed by atoms with Crippen LogP contribution in [0.15, 0.2) is 53.7 Å². The minimum atomic E-state index is -2.85. The van der Waals surface area contributed by atoms with Crippen LogP contribution in [-0.4, -0.2) is 52.8 Å². The minimum Gasteiger partial charge on any atom is -0.433 e. The molecule has 1 aromatic carbocycles. The predicted octanol–water partition coefficient (Wildman–Crippen LogP) is 3.28. The molecule has 1 fully saturated rings. The summed E-state index contributed by atoms with van der Waals surface area (Å²) in [4.78, 5) is 6.70. The number of guanidine groups is 1. The molecule has 4 rings (SSSR count). The van der Waals surface area contributed by atoms with E-state index in [9.17, 15) is 8.78 Å². The molecule has 0 radical (unpaired) electrons. The average molecular weight is 557 g/mol. The lowest BCUT2D eigenvalue weighted by molar-refractivity contribution is -0.0495. The number of anilines is 1. The van der Waals surface area contributed by atoms with Gasteiger partial charge in [0.25, 0.3) is 0 Å². The molecule has 8 nitrogen and oxygen atoms in total. The Morgan fingerprint density at radius 1 is 1.22 bits per heavy atom. The Morgan fingerprint density at radius 3 is 2.84 bits per heavy atom. The molecule has 0 saturated carbocycles. The Bertz CT molecular complexity index is 1050. The van der Waals surface area contributed by atoms with Crippen LogP contribution in [0.1, 0.15) is 19.2 Å². The van der Waals surface area contributed by atoms with Crippen LogP contribution in [0.4, 0.5) is 14.5 Å². The molecular formula is C21H26F2IN7O. The van der Waals surface area contributed by atoms with Gasteiger partial charge in [-0.05, 0) is 37.6 Å². The van der Waals surface area contributed by atoms with E-state index in [0.717, 1.165) is 24.4 Å². The summed E-state index contributed by atoms with van der Waals surface area (Å²) < 4.78 is 32.1. The molecular weight excluding hydrogens is 531 g/mol. The molecule has 11 heteroatoms. The normalized spacial score (nSPS) is 16.3. The second-order valence-electron chi connectivity index (χ2n) is 7.16. The molecule has 3 aromatic rings. The number of halogens is 3. The molecule has 32 heavy (non-hydrogen) atoms. The highest BCUT2D eigenvalue weighted by atomic mass is 127. The number of aliphatic imine (C=N–C) groups is 1. The van der Waals surface area contributed by atoms with Crippen LogP contribution >= 0.6 is 24.0 Å². The van der Waals surface area contributed by atoms with Gasteiger partial charge in [0.1, 0.15) is 12.3 Å². The molecule has 1 unspecified atom stereocenters. The first kappa shape index (κ1) is 24.0. The van der Waals surface area contributed by atoms with Crippen LogP contribution in [-0.2, 0) is 6.54 Å². The lowest BCUT2D eigenvalue weighted by atomic mass is 10.2. The maximum Gasteiger partial charge on any atom is 0.387 e. The molecule has 0 amide bonds. The monoisotopic (exact) mass is 557 g/mol. The van der Waals surface area contributed by atoms with Gasteiger partial charge < -0.3 is 20.3 Å². The van der Waals surface area contributed by atoms with Crippen molar-refractivity contribution in [3.05, 3.63) is 54.5 Å². The summed E-state index contributed by atoms with van der Waals surface area (Å²) in [5.41, 5.74) is 1.45. The number of fused-ring (bicyclic) bond motifs is 1. The summed E-state index contributed by atoms with van der Waals surface area (Å²) in [5.74, 6) is 1.62. The van der Waals surface area contributed by atoms with Crippen LogP contribution in [0.25, 0.3) is 5.65 Å². The van der Waals surface area contributed by atoms with Gasteiger partial charge in [-0.1, -0.05) is 18.2 Å². The number of hydrogen-bond acceptors (Lipinski definition) is 5. The smallest absolute Gasteiger partial charge is 0.387 e. The number of rotatable bonds is 7. The third-order valence-electron chi connectivity index (χ3n) is 5.06. The Labute approximate surface area is 202 Å². The summed E-state index contributed by atoms with van der Waals surface area (Å²) in [6, 6.07) is 12.7. The van der Waals surface area contributed by atoms with Crippen molar-refractivity contribution in [2.24, 2.45) is 4.99 Å². The molecule has 1 atom stereocenters. The van der Waals surface area contributed by atoms with Gasteiger partial charge in [0.15, 0.2) is 17.4 Å². The van der Waals surface area contributed by atoms with Crippen molar-refractivity contribution in [3.8, 4) is 5.75 Å². The molecule has 3 heterocycles. The summed E-state index contributed by atoms with van der Waals surface area (Å²) in [7, 11) is 0. The fourth-order valence-corrected chi connectivity index (χ4v) is 3.67. The van der Waals surface area contributed by atoms with Crippen molar-refractivity contribution in [3.63, 3.8) is 0 Å². The van der Waals surface area contributed by atoms with E-state index in [1.54, 1.807) is 18.2 Å². The van der Waals surface area contributed by atoms with Gasteiger partial charge in [0, 0.05) is 31.9 Å². The third kappa shape index (κ3) is 5.75. The number of hydrogen-bond donors (Lipinski definition) is 2. The van der Waals surface area contributed by atoms with Crippen LogP contribution < -0.4 is 20.3 Å². The Kier molecular flexibility index (Phi) is 8.42. The van der Waals surface area contributed by atoms with E-state index in [1.807, 2.05) is 46.7 Å². The first-order chi connectivity index (χ1) is 15.1. The van der Waals surface area contributed by atoms with E-state index in [-0.39, 0.29) is 35.8 Å². The summed E-state index contributed by atoms with van der Waals surface area (Å²) in [5, 5.41) is 15.0. The van der Waals surface area contributed by atoms with E-state index in [1.165, 1.54) is 0 Å². The maximum atomic E-state index is 12.7. The van der Waals surface area contributed by atoms with Crippen LogP contribution in [0.5, 0.6) is 5.75 Å². The molecule has 0 bridgehead atoms. The molecule has 1 aliphatic heterocycles. The molecule has 1 aliphatic rings. The SMILES string of the molecule is CCNC(=NCc1nnc2ccccn12)NC1CCN(c2ccccc2OC(F)F)C1.I. The van der Waals surface area contributed by atoms with E-state index in [0.29, 0.717) is 31.3 Å². The van der Waals surface area contributed by atoms with Crippen molar-refractivity contribution in [1.82, 2.24) is 25.2 Å². The Balaban J connectivity index is 0.00000289. The zero-order valence-corrected chi connectivity index (χ0v) is 19.9. The van der Waals surface area contributed by atoms with Crippen molar-refractivity contribution in [2.75, 3.05) is 24.5 Å². The molecule has 172 valence electrons. The van der Waals surface area contributed by atoms with Crippen molar-refractivity contribution in [2.45, 2.75) is 32.5 Å². The van der Waals surface area contributed by atoms with E-state index < -0.39 is 6.61 Å². The van der Waals surface area contributed by atoms with Gasteiger partial charge in [-0.3, -0.25) is 4.40 Å². The number of aromatic nitrogens is 3. The largest absolute Gasteiger partial charge is 0.433 e. The van der Waals surface area contributed by atoms with Gasteiger partial charge in [-0.2, -0.15) is 8.78 Å². The van der Waals surface area contributed by atoms with Crippen molar-refractivity contribution in [1.29, 1.82) is 0 Å². The van der Waals surface area contributed by atoms with Gasteiger partial charge in [0.2, 0.25) is 0 Å². The first-order valence-electron chi connectivity index (χ1n) is 10.3. The quantitative estimate of drug-likeness (QED) is 0.264. The number of ether oxygens (including phenoxy) is 1. The molecule has 2 N–H and O–H groups in total. The van der Waals surface area contributed by atoms with Crippen LogP contribution in [0.2, 0.25) is 0 Å². The lowest BCUT2D eigenvalue weighted by Gasteiger charge is -2.22.